The zero-order valence-electron chi connectivity index (χ0n) is 10.8. The second-order valence-electron chi connectivity index (χ2n) is 3.97. The Morgan fingerprint density at radius 2 is 2.26 bits per heavy atom. The standard InChI is InChI=1S/C12H16N2O5/c1-3-13-10(12(15)16)7-19-11-5-4-9(14(17)18)6-8(11)2/h4-6,10,13H,3,7H2,1-2H3,(H,15,16). The van der Waals surface area contributed by atoms with Gasteiger partial charge >= 0.3 is 5.97 Å². The summed E-state index contributed by atoms with van der Waals surface area (Å²) in [6.45, 7) is 3.94. The minimum absolute atomic E-state index is 0.0219. The van der Waals surface area contributed by atoms with Crippen molar-refractivity contribution in [3.8, 4) is 5.75 Å². The molecule has 0 aromatic heterocycles. The number of likely N-dealkylation sites (N-methyl/N-ethyl adjacent to an activating group) is 1. The molecule has 7 heteroatoms. The van der Waals surface area contributed by atoms with Crippen molar-refractivity contribution in [2.24, 2.45) is 0 Å². The first-order chi connectivity index (χ1) is 8.95. The molecule has 2 N–H and O–H groups in total. The predicted molar refractivity (Wildman–Crippen MR) is 68.4 cm³/mol. The zero-order valence-corrected chi connectivity index (χ0v) is 10.8. The number of hydrogen-bond donors (Lipinski definition) is 2. The van der Waals surface area contributed by atoms with Crippen LogP contribution in [0.5, 0.6) is 5.75 Å². The van der Waals surface area contributed by atoms with Gasteiger partial charge in [0.05, 0.1) is 4.92 Å². The number of ether oxygens (including phenoxy) is 1. The van der Waals surface area contributed by atoms with Gasteiger partial charge in [-0.05, 0) is 25.1 Å². The topological polar surface area (TPSA) is 102 Å². The molecule has 0 aliphatic rings. The molecule has 0 bridgehead atoms. The van der Waals surface area contributed by atoms with E-state index >= 15 is 0 Å². The van der Waals surface area contributed by atoms with Crippen molar-refractivity contribution < 1.29 is 19.6 Å². The van der Waals surface area contributed by atoms with Gasteiger partial charge in [-0.3, -0.25) is 14.9 Å². The molecule has 0 aliphatic heterocycles. The lowest BCUT2D eigenvalue weighted by Gasteiger charge is -2.15. The van der Waals surface area contributed by atoms with Crippen molar-refractivity contribution in [2.75, 3.05) is 13.2 Å². The number of benzene rings is 1. The highest BCUT2D eigenvalue weighted by atomic mass is 16.6. The van der Waals surface area contributed by atoms with Crippen molar-refractivity contribution >= 4 is 11.7 Å². The quantitative estimate of drug-likeness (QED) is 0.571. The van der Waals surface area contributed by atoms with Crippen LogP contribution >= 0.6 is 0 Å². The number of non-ortho nitro benzene ring substituents is 1. The molecule has 0 amide bonds. The molecule has 7 nitrogen and oxygen atoms in total. The Bertz CT molecular complexity index is 475. The number of nitrogens with zero attached hydrogens (tertiary/aromatic N) is 1. The van der Waals surface area contributed by atoms with Gasteiger partial charge in [-0.2, -0.15) is 0 Å². The van der Waals surface area contributed by atoms with Crippen LogP contribution in [0.4, 0.5) is 5.69 Å². The van der Waals surface area contributed by atoms with Crippen LogP contribution in [0.15, 0.2) is 18.2 Å². The van der Waals surface area contributed by atoms with Gasteiger partial charge in [-0.15, -0.1) is 0 Å². The number of nitro benzene ring substituents is 1. The molecular weight excluding hydrogens is 252 g/mol. The molecule has 0 saturated carbocycles. The van der Waals surface area contributed by atoms with E-state index in [0.29, 0.717) is 17.9 Å². The average Bonchev–Trinajstić information content (AvgIpc) is 2.35. The van der Waals surface area contributed by atoms with E-state index in [9.17, 15) is 14.9 Å². The van der Waals surface area contributed by atoms with Gasteiger partial charge in [0.15, 0.2) is 0 Å². The smallest absolute Gasteiger partial charge is 0.324 e. The van der Waals surface area contributed by atoms with Crippen LogP contribution in [0.2, 0.25) is 0 Å². The fourth-order valence-electron chi connectivity index (χ4n) is 1.55. The van der Waals surface area contributed by atoms with Crippen LogP contribution < -0.4 is 10.1 Å². The Kier molecular flexibility index (Phi) is 5.25. The number of nitro groups is 1. The molecule has 1 rings (SSSR count). The van der Waals surface area contributed by atoms with Crippen molar-refractivity contribution in [1.29, 1.82) is 0 Å². The number of carboxylic acids is 1. The number of carboxylic acid groups (broad SMARTS) is 1. The van der Waals surface area contributed by atoms with E-state index in [2.05, 4.69) is 5.32 Å². The highest BCUT2D eigenvalue weighted by molar-refractivity contribution is 5.73. The van der Waals surface area contributed by atoms with Gasteiger partial charge in [0.25, 0.3) is 5.69 Å². The third kappa shape index (κ3) is 4.22. The van der Waals surface area contributed by atoms with Crippen LogP contribution in [0.3, 0.4) is 0 Å². The van der Waals surface area contributed by atoms with Crippen LogP contribution in [-0.4, -0.2) is 35.2 Å². The highest BCUT2D eigenvalue weighted by Crippen LogP contribution is 2.23. The van der Waals surface area contributed by atoms with E-state index in [4.69, 9.17) is 9.84 Å². The summed E-state index contributed by atoms with van der Waals surface area (Å²) >= 11 is 0. The van der Waals surface area contributed by atoms with Gasteiger partial charge in [0, 0.05) is 12.1 Å². The number of rotatable bonds is 7. The minimum atomic E-state index is -0.999. The van der Waals surface area contributed by atoms with E-state index in [-0.39, 0.29) is 12.3 Å². The summed E-state index contributed by atoms with van der Waals surface area (Å²) in [6, 6.07) is 3.38. The second-order valence-corrected chi connectivity index (χ2v) is 3.97. The van der Waals surface area contributed by atoms with Crippen LogP contribution in [0, 0.1) is 17.0 Å². The summed E-state index contributed by atoms with van der Waals surface area (Å²) < 4.78 is 5.38. The summed E-state index contributed by atoms with van der Waals surface area (Å²) in [5.74, 6) is -0.559. The summed E-state index contributed by atoms with van der Waals surface area (Å²) in [4.78, 5) is 21.0. The fourth-order valence-corrected chi connectivity index (χ4v) is 1.55. The SMILES string of the molecule is CCNC(COc1ccc([N+](=O)[O-])cc1C)C(=O)O. The molecule has 0 saturated heterocycles. The lowest BCUT2D eigenvalue weighted by atomic mass is 10.2. The summed E-state index contributed by atoms with van der Waals surface area (Å²) in [7, 11) is 0. The van der Waals surface area contributed by atoms with Gasteiger partial charge < -0.3 is 15.2 Å². The molecule has 0 aliphatic carbocycles. The molecule has 104 valence electrons. The summed E-state index contributed by atoms with van der Waals surface area (Å²) in [6.07, 6.45) is 0. The molecule has 0 heterocycles. The van der Waals surface area contributed by atoms with E-state index in [1.165, 1.54) is 18.2 Å². The third-order valence-corrected chi connectivity index (χ3v) is 2.52. The lowest BCUT2D eigenvalue weighted by molar-refractivity contribution is -0.384. The Balaban J connectivity index is 2.72. The number of carbonyl (C=O) groups is 1. The Morgan fingerprint density at radius 1 is 1.58 bits per heavy atom. The maximum absolute atomic E-state index is 10.9. The van der Waals surface area contributed by atoms with Crippen molar-refractivity contribution in [3.63, 3.8) is 0 Å². The number of nitrogens with one attached hydrogen (secondary N) is 1. The molecular formula is C12H16N2O5. The molecule has 1 aromatic carbocycles. The predicted octanol–water partition coefficient (Wildman–Crippen LogP) is 1.34. The van der Waals surface area contributed by atoms with Crippen LogP contribution in [-0.2, 0) is 4.79 Å². The maximum Gasteiger partial charge on any atom is 0.324 e. The number of hydrogen-bond acceptors (Lipinski definition) is 5. The monoisotopic (exact) mass is 268 g/mol. The number of aliphatic carboxylic acids is 1. The Hall–Kier alpha value is -2.15. The van der Waals surface area contributed by atoms with Gasteiger partial charge in [0.2, 0.25) is 0 Å². The molecule has 0 spiro atoms. The third-order valence-electron chi connectivity index (χ3n) is 2.52. The average molecular weight is 268 g/mol. The second kappa shape index (κ2) is 6.69. The van der Waals surface area contributed by atoms with Crippen molar-refractivity contribution in [3.05, 3.63) is 33.9 Å². The fraction of sp³-hybridized carbons (Fsp3) is 0.417. The minimum Gasteiger partial charge on any atom is -0.491 e. The normalized spacial score (nSPS) is 11.9. The molecule has 0 radical (unpaired) electrons. The largest absolute Gasteiger partial charge is 0.491 e. The van der Waals surface area contributed by atoms with Crippen molar-refractivity contribution in [2.45, 2.75) is 19.9 Å². The van der Waals surface area contributed by atoms with E-state index in [1.807, 2.05) is 0 Å². The lowest BCUT2D eigenvalue weighted by Crippen LogP contribution is -2.41. The molecule has 1 aromatic rings. The Morgan fingerprint density at radius 3 is 2.74 bits per heavy atom. The van der Waals surface area contributed by atoms with Gasteiger partial charge in [-0.1, -0.05) is 6.92 Å². The van der Waals surface area contributed by atoms with E-state index in [1.54, 1.807) is 13.8 Å². The van der Waals surface area contributed by atoms with Gasteiger partial charge in [0.1, 0.15) is 18.4 Å². The van der Waals surface area contributed by atoms with Gasteiger partial charge in [-0.25, -0.2) is 0 Å². The molecule has 1 unspecified atom stereocenters. The van der Waals surface area contributed by atoms with Crippen molar-refractivity contribution in [1.82, 2.24) is 5.32 Å². The molecule has 0 fully saturated rings. The maximum atomic E-state index is 10.9. The highest BCUT2D eigenvalue weighted by Gasteiger charge is 2.17. The molecule has 1 atom stereocenters. The Labute approximate surface area is 110 Å². The summed E-state index contributed by atoms with van der Waals surface area (Å²) in [5.41, 5.74) is 0.571. The van der Waals surface area contributed by atoms with Crippen LogP contribution in [0.25, 0.3) is 0 Å². The van der Waals surface area contributed by atoms with E-state index in [0.717, 1.165) is 0 Å². The number of aryl methyl sites for hydroxylation is 1. The first-order valence-corrected chi connectivity index (χ1v) is 5.79. The van der Waals surface area contributed by atoms with Crippen LogP contribution in [0.1, 0.15) is 12.5 Å². The first-order valence-electron chi connectivity index (χ1n) is 5.79. The zero-order chi connectivity index (χ0) is 14.4. The first kappa shape index (κ1) is 14.9. The summed E-state index contributed by atoms with van der Waals surface area (Å²) in [5, 5.41) is 22.3. The molecule has 19 heavy (non-hydrogen) atoms. The van der Waals surface area contributed by atoms with E-state index < -0.39 is 16.9 Å².